The SMILES string of the molecule is C=C(Nc1ccc(C)c(B2OC(C)(C)C(C)(C)O2)c1)c1ccnc(C(F)(F)F)c1. The third-order valence-corrected chi connectivity index (χ3v) is 5.48. The van der Waals surface area contributed by atoms with Gasteiger partial charge in [-0.1, -0.05) is 18.2 Å². The topological polar surface area (TPSA) is 43.4 Å². The Morgan fingerprint density at radius 1 is 1.07 bits per heavy atom. The second-order valence-electron chi connectivity index (χ2n) is 8.19. The van der Waals surface area contributed by atoms with Gasteiger partial charge in [-0.2, -0.15) is 13.2 Å². The molecule has 2 heterocycles. The predicted molar refractivity (Wildman–Crippen MR) is 109 cm³/mol. The van der Waals surface area contributed by atoms with Crippen LogP contribution in [0.15, 0.2) is 43.1 Å². The summed E-state index contributed by atoms with van der Waals surface area (Å²) >= 11 is 0. The number of anilines is 1. The standard InChI is InChI=1S/C21H24BF3N2O2/c1-13-7-8-16(12-17(13)22-28-19(3,4)20(5,6)29-22)27-14(2)15-9-10-26-18(11-15)21(23,24)25/h7-12,27H,2H2,1,3-6H3. The van der Waals surface area contributed by atoms with E-state index in [4.69, 9.17) is 9.31 Å². The number of pyridine rings is 1. The van der Waals surface area contributed by atoms with E-state index in [-0.39, 0.29) is 0 Å². The predicted octanol–water partition coefficient (Wildman–Crippen LogP) is 4.79. The van der Waals surface area contributed by atoms with E-state index in [2.05, 4.69) is 16.9 Å². The Morgan fingerprint density at radius 2 is 1.69 bits per heavy atom. The number of aromatic nitrogens is 1. The average Bonchev–Trinajstić information content (AvgIpc) is 2.83. The van der Waals surface area contributed by atoms with Crippen molar-refractivity contribution in [1.82, 2.24) is 4.98 Å². The third-order valence-electron chi connectivity index (χ3n) is 5.48. The summed E-state index contributed by atoms with van der Waals surface area (Å²) in [5, 5.41) is 3.07. The van der Waals surface area contributed by atoms with Crippen molar-refractivity contribution in [2.45, 2.75) is 52.0 Å². The molecular formula is C21H24BF3N2O2. The molecular weight excluding hydrogens is 380 g/mol. The van der Waals surface area contributed by atoms with Gasteiger partial charge in [0.15, 0.2) is 0 Å². The van der Waals surface area contributed by atoms with Crippen molar-refractivity contribution < 1.29 is 22.5 Å². The Balaban J connectivity index is 1.83. The zero-order valence-electron chi connectivity index (χ0n) is 17.1. The molecule has 0 radical (unpaired) electrons. The van der Waals surface area contributed by atoms with Crippen LogP contribution < -0.4 is 10.8 Å². The molecule has 1 aliphatic rings. The summed E-state index contributed by atoms with van der Waals surface area (Å²) in [6.45, 7) is 13.7. The van der Waals surface area contributed by atoms with E-state index < -0.39 is 30.2 Å². The summed E-state index contributed by atoms with van der Waals surface area (Å²) < 4.78 is 51.0. The van der Waals surface area contributed by atoms with Crippen LogP contribution in [0.2, 0.25) is 0 Å². The molecule has 0 spiro atoms. The molecule has 8 heteroatoms. The normalized spacial score (nSPS) is 18.0. The fourth-order valence-corrected chi connectivity index (χ4v) is 2.96. The lowest BCUT2D eigenvalue weighted by molar-refractivity contribution is -0.141. The van der Waals surface area contributed by atoms with Crippen LogP contribution in [0.3, 0.4) is 0 Å². The molecule has 1 saturated heterocycles. The van der Waals surface area contributed by atoms with Gasteiger partial charge in [0, 0.05) is 23.1 Å². The fraction of sp³-hybridized carbons (Fsp3) is 0.381. The quantitative estimate of drug-likeness (QED) is 0.745. The zero-order chi connectivity index (χ0) is 21.6. The minimum Gasteiger partial charge on any atom is -0.399 e. The van der Waals surface area contributed by atoms with Crippen LogP contribution in [0.5, 0.6) is 0 Å². The summed E-state index contributed by atoms with van der Waals surface area (Å²) in [6.07, 6.45) is -3.39. The van der Waals surface area contributed by atoms with E-state index in [0.717, 1.165) is 23.3 Å². The molecule has 1 aromatic heterocycles. The number of halogens is 3. The second-order valence-corrected chi connectivity index (χ2v) is 8.19. The Hall–Kier alpha value is -2.32. The van der Waals surface area contributed by atoms with E-state index in [9.17, 15) is 13.2 Å². The first-order chi connectivity index (χ1) is 13.3. The molecule has 0 unspecified atom stereocenters. The number of benzene rings is 1. The summed E-state index contributed by atoms with van der Waals surface area (Å²) in [5.74, 6) is 0. The number of hydrogen-bond donors (Lipinski definition) is 1. The molecule has 29 heavy (non-hydrogen) atoms. The van der Waals surface area contributed by atoms with Gasteiger partial charge < -0.3 is 14.6 Å². The Bertz CT molecular complexity index is 926. The molecule has 0 saturated carbocycles. The molecule has 1 aromatic carbocycles. The first-order valence-corrected chi connectivity index (χ1v) is 9.26. The third kappa shape index (κ3) is 4.33. The molecule has 1 N–H and O–H groups in total. The van der Waals surface area contributed by atoms with Crippen LogP contribution in [0.1, 0.15) is 44.5 Å². The van der Waals surface area contributed by atoms with Crippen LogP contribution >= 0.6 is 0 Å². The Kier molecular flexibility index (Phi) is 5.30. The largest absolute Gasteiger partial charge is 0.495 e. The van der Waals surface area contributed by atoms with Crippen LogP contribution in [-0.2, 0) is 15.5 Å². The van der Waals surface area contributed by atoms with Crippen LogP contribution in [0.25, 0.3) is 5.70 Å². The minimum absolute atomic E-state index is 0.310. The van der Waals surface area contributed by atoms with Crippen molar-refractivity contribution in [3.05, 3.63) is 59.9 Å². The number of alkyl halides is 3. The molecule has 2 aromatic rings. The number of nitrogens with one attached hydrogen (secondary N) is 1. The molecule has 1 fully saturated rings. The number of hydrogen-bond acceptors (Lipinski definition) is 4. The summed E-state index contributed by atoms with van der Waals surface area (Å²) in [4.78, 5) is 3.38. The van der Waals surface area contributed by atoms with Gasteiger partial charge in [0.25, 0.3) is 0 Å². The molecule has 0 atom stereocenters. The highest BCUT2D eigenvalue weighted by molar-refractivity contribution is 6.62. The second kappa shape index (κ2) is 7.18. The number of rotatable bonds is 4. The number of aryl methyl sites for hydroxylation is 1. The number of nitrogens with zero attached hydrogens (tertiary/aromatic N) is 1. The van der Waals surface area contributed by atoms with E-state index in [1.807, 2.05) is 52.8 Å². The fourth-order valence-electron chi connectivity index (χ4n) is 2.96. The van der Waals surface area contributed by atoms with Gasteiger partial charge in [-0.05, 0) is 64.3 Å². The molecule has 0 bridgehead atoms. The lowest BCUT2D eigenvalue weighted by atomic mass is 9.76. The van der Waals surface area contributed by atoms with Crippen LogP contribution in [-0.4, -0.2) is 23.3 Å². The van der Waals surface area contributed by atoms with Crippen molar-refractivity contribution in [2.75, 3.05) is 5.32 Å². The monoisotopic (exact) mass is 404 g/mol. The van der Waals surface area contributed by atoms with Gasteiger partial charge in [0.1, 0.15) is 5.69 Å². The van der Waals surface area contributed by atoms with Crippen molar-refractivity contribution in [3.8, 4) is 0 Å². The Morgan fingerprint density at radius 3 is 2.28 bits per heavy atom. The molecule has 0 amide bonds. The smallest absolute Gasteiger partial charge is 0.399 e. The minimum atomic E-state index is -4.51. The van der Waals surface area contributed by atoms with Gasteiger partial charge in [-0.25, -0.2) is 0 Å². The molecule has 3 rings (SSSR count). The molecule has 1 aliphatic heterocycles. The first kappa shape index (κ1) is 21.4. The maximum absolute atomic E-state index is 12.9. The average molecular weight is 404 g/mol. The van der Waals surface area contributed by atoms with E-state index in [1.54, 1.807) is 0 Å². The summed E-state index contributed by atoms with van der Waals surface area (Å²) in [6, 6.07) is 8.06. The molecule has 0 aliphatic carbocycles. The highest BCUT2D eigenvalue weighted by atomic mass is 19.4. The first-order valence-electron chi connectivity index (χ1n) is 9.26. The van der Waals surface area contributed by atoms with Crippen LogP contribution in [0, 0.1) is 6.92 Å². The molecule has 154 valence electrons. The van der Waals surface area contributed by atoms with Crippen molar-refractivity contribution >= 4 is 24.0 Å². The van der Waals surface area contributed by atoms with Gasteiger partial charge in [0.05, 0.1) is 11.2 Å². The maximum atomic E-state index is 12.9. The summed E-state index contributed by atoms with van der Waals surface area (Å²) in [5.41, 5.74) is 1.27. The van der Waals surface area contributed by atoms with Crippen molar-refractivity contribution in [3.63, 3.8) is 0 Å². The van der Waals surface area contributed by atoms with Gasteiger partial charge >= 0.3 is 13.3 Å². The highest BCUT2D eigenvalue weighted by Crippen LogP contribution is 2.37. The molecule has 4 nitrogen and oxygen atoms in total. The van der Waals surface area contributed by atoms with Gasteiger partial charge in [0.2, 0.25) is 0 Å². The van der Waals surface area contributed by atoms with Gasteiger partial charge in [-0.15, -0.1) is 0 Å². The van der Waals surface area contributed by atoms with E-state index in [0.29, 0.717) is 16.9 Å². The van der Waals surface area contributed by atoms with Crippen LogP contribution in [0.4, 0.5) is 18.9 Å². The highest BCUT2D eigenvalue weighted by Gasteiger charge is 2.52. The van der Waals surface area contributed by atoms with Gasteiger partial charge in [-0.3, -0.25) is 4.98 Å². The Labute approximate surface area is 169 Å². The summed E-state index contributed by atoms with van der Waals surface area (Å²) in [7, 11) is -0.534. The van der Waals surface area contributed by atoms with Crippen molar-refractivity contribution in [2.24, 2.45) is 0 Å². The lowest BCUT2D eigenvalue weighted by Crippen LogP contribution is -2.41. The lowest BCUT2D eigenvalue weighted by Gasteiger charge is -2.32. The maximum Gasteiger partial charge on any atom is 0.495 e. The van der Waals surface area contributed by atoms with E-state index >= 15 is 0 Å². The zero-order valence-corrected chi connectivity index (χ0v) is 17.1. The van der Waals surface area contributed by atoms with E-state index in [1.165, 1.54) is 6.07 Å². The van der Waals surface area contributed by atoms with Crippen molar-refractivity contribution in [1.29, 1.82) is 0 Å².